The molecule has 2 aromatic heterocycles. The molecule has 2 aromatic rings. The Hall–Kier alpha value is -3.48. The second-order valence-electron chi connectivity index (χ2n) is 6.96. The zero-order chi connectivity index (χ0) is 25.5. The van der Waals surface area contributed by atoms with Crippen molar-refractivity contribution in [1.82, 2.24) is 14.9 Å². The number of methoxy groups -OCH3 is 1. The van der Waals surface area contributed by atoms with Crippen molar-refractivity contribution in [3.8, 4) is 0 Å². The van der Waals surface area contributed by atoms with E-state index in [1.807, 2.05) is 0 Å². The van der Waals surface area contributed by atoms with Gasteiger partial charge in [-0.05, 0) is 38.8 Å². The van der Waals surface area contributed by atoms with E-state index in [0.717, 1.165) is 6.08 Å². The van der Waals surface area contributed by atoms with Crippen LogP contribution in [-0.4, -0.2) is 40.5 Å². The van der Waals surface area contributed by atoms with Crippen LogP contribution < -0.4 is 16.2 Å². The Kier molecular flexibility index (Phi) is 9.12. The van der Waals surface area contributed by atoms with Crippen molar-refractivity contribution in [2.24, 2.45) is 0 Å². The number of alkyl halides is 3. The molecule has 0 saturated carbocycles. The van der Waals surface area contributed by atoms with Crippen LogP contribution >= 0.6 is 11.3 Å². The van der Waals surface area contributed by atoms with Crippen molar-refractivity contribution in [1.29, 1.82) is 0 Å². The Morgan fingerprint density at radius 1 is 1.32 bits per heavy atom. The number of amides is 2. The van der Waals surface area contributed by atoms with Gasteiger partial charge in [-0.1, -0.05) is 6.08 Å². The predicted molar refractivity (Wildman–Crippen MR) is 119 cm³/mol. The number of rotatable bonds is 9. The molecule has 2 amide bonds. The van der Waals surface area contributed by atoms with Crippen molar-refractivity contribution >= 4 is 34.8 Å². The minimum absolute atomic E-state index is 0.0101. The molecule has 0 bridgehead atoms. The number of allylic oxidation sites excluding steroid dienone is 1. The van der Waals surface area contributed by atoms with Crippen molar-refractivity contribution in [2.75, 3.05) is 12.4 Å². The highest BCUT2D eigenvalue weighted by atomic mass is 32.1. The third-order valence-electron chi connectivity index (χ3n) is 4.56. The molecule has 2 N–H and O–H groups in total. The number of nitrogens with one attached hydrogen (secondary N) is 2. The molecule has 13 heteroatoms. The highest BCUT2D eigenvalue weighted by Crippen LogP contribution is 2.34. The SMILES string of the molecule is CCn1cccc(NC(=O)[C@H](CC/C=C/C(=O)OC)NC(=O)c2sc(C(F)(F)F)nc2C)c1=O. The molecular formula is C21H23F3N4O5S. The number of pyridine rings is 1. The molecule has 0 fully saturated rings. The standard InChI is InChI=1S/C21H23F3N4O5S/c1-4-28-11-7-9-14(19(28)32)27-17(30)13(8-5-6-10-15(29)33-3)26-18(31)16-12(2)25-20(34-16)21(22,23)24/h6-7,9-11,13H,4-5,8H2,1-3H3,(H,26,31)(H,27,30)/b10-6+/t13-/m0/s1. The smallest absolute Gasteiger partial charge is 0.443 e. The van der Waals surface area contributed by atoms with E-state index in [9.17, 15) is 32.3 Å². The van der Waals surface area contributed by atoms with Gasteiger partial charge in [-0.25, -0.2) is 9.78 Å². The molecule has 0 unspecified atom stereocenters. The van der Waals surface area contributed by atoms with Gasteiger partial charge < -0.3 is 19.9 Å². The van der Waals surface area contributed by atoms with Crippen molar-refractivity contribution in [3.05, 3.63) is 56.4 Å². The maximum absolute atomic E-state index is 13.0. The number of aromatic nitrogens is 2. The molecule has 34 heavy (non-hydrogen) atoms. The summed E-state index contributed by atoms with van der Waals surface area (Å²) in [4.78, 5) is 52.3. The number of anilines is 1. The Morgan fingerprint density at radius 2 is 2.03 bits per heavy atom. The monoisotopic (exact) mass is 500 g/mol. The number of halogens is 3. The van der Waals surface area contributed by atoms with E-state index in [4.69, 9.17) is 0 Å². The molecule has 0 aliphatic rings. The lowest BCUT2D eigenvalue weighted by atomic mass is 10.1. The van der Waals surface area contributed by atoms with Gasteiger partial charge in [0.05, 0.1) is 12.8 Å². The lowest BCUT2D eigenvalue weighted by molar-refractivity contribution is -0.137. The van der Waals surface area contributed by atoms with Gasteiger partial charge in [-0.15, -0.1) is 11.3 Å². The summed E-state index contributed by atoms with van der Waals surface area (Å²) >= 11 is 0.166. The number of nitrogens with zero attached hydrogens (tertiary/aromatic N) is 2. The molecular weight excluding hydrogens is 477 g/mol. The van der Waals surface area contributed by atoms with Crippen molar-refractivity contribution in [2.45, 2.75) is 45.5 Å². The molecule has 0 saturated heterocycles. The molecule has 2 rings (SSSR count). The van der Waals surface area contributed by atoms with Gasteiger partial charge in [0.1, 0.15) is 16.6 Å². The van der Waals surface area contributed by atoms with Gasteiger partial charge in [0.15, 0.2) is 5.01 Å². The van der Waals surface area contributed by atoms with Crippen LogP contribution in [0.2, 0.25) is 0 Å². The zero-order valence-electron chi connectivity index (χ0n) is 18.6. The number of carbonyl (C=O) groups is 3. The Morgan fingerprint density at radius 3 is 2.62 bits per heavy atom. The van der Waals surface area contributed by atoms with Crippen LogP contribution in [0.3, 0.4) is 0 Å². The second-order valence-corrected chi connectivity index (χ2v) is 7.96. The third-order valence-corrected chi connectivity index (χ3v) is 5.76. The largest absolute Gasteiger partial charge is 0.466 e. The molecule has 2 heterocycles. The van der Waals surface area contributed by atoms with E-state index in [-0.39, 0.29) is 40.4 Å². The minimum atomic E-state index is -4.71. The number of hydrogen-bond donors (Lipinski definition) is 2. The molecule has 0 aliphatic carbocycles. The molecule has 184 valence electrons. The van der Waals surface area contributed by atoms with Gasteiger partial charge in [0.25, 0.3) is 11.5 Å². The molecule has 0 aromatic carbocycles. The fraction of sp³-hybridized carbons (Fsp3) is 0.381. The summed E-state index contributed by atoms with van der Waals surface area (Å²) in [6.45, 7) is 3.37. The van der Waals surface area contributed by atoms with E-state index in [0.29, 0.717) is 6.54 Å². The topological polar surface area (TPSA) is 119 Å². The minimum Gasteiger partial charge on any atom is -0.466 e. The van der Waals surface area contributed by atoms with Crippen LogP contribution in [-0.2, 0) is 27.0 Å². The van der Waals surface area contributed by atoms with E-state index >= 15 is 0 Å². The average Bonchev–Trinajstić information content (AvgIpc) is 3.19. The lowest BCUT2D eigenvalue weighted by Gasteiger charge is -2.18. The summed E-state index contributed by atoms with van der Waals surface area (Å²) in [7, 11) is 1.19. The first-order valence-electron chi connectivity index (χ1n) is 10.1. The van der Waals surface area contributed by atoms with Crippen LogP contribution in [0.4, 0.5) is 18.9 Å². The third kappa shape index (κ3) is 7.01. The van der Waals surface area contributed by atoms with E-state index in [1.54, 1.807) is 19.2 Å². The Balaban J connectivity index is 2.25. The Labute approximate surface area is 196 Å². The van der Waals surface area contributed by atoms with Crippen LogP contribution in [0.1, 0.15) is 40.1 Å². The summed E-state index contributed by atoms with van der Waals surface area (Å²) in [5.74, 6) is -2.28. The predicted octanol–water partition coefficient (Wildman–Crippen LogP) is 2.90. The first-order chi connectivity index (χ1) is 16.0. The van der Waals surface area contributed by atoms with Crippen LogP contribution in [0.15, 0.2) is 35.3 Å². The zero-order valence-corrected chi connectivity index (χ0v) is 19.4. The fourth-order valence-corrected chi connectivity index (χ4v) is 3.67. The van der Waals surface area contributed by atoms with Crippen molar-refractivity contribution < 1.29 is 32.3 Å². The first-order valence-corrected chi connectivity index (χ1v) is 10.9. The van der Waals surface area contributed by atoms with E-state index < -0.39 is 40.6 Å². The summed E-state index contributed by atoms with van der Waals surface area (Å²) in [6, 6.07) is 1.73. The lowest BCUT2D eigenvalue weighted by Crippen LogP contribution is -2.44. The molecule has 0 spiro atoms. The molecule has 0 radical (unpaired) electrons. The highest BCUT2D eigenvalue weighted by molar-refractivity contribution is 7.13. The van der Waals surface area contributed by atoms with Gasteiger partial charge in [0, 0.05) is 18.8 Å². The Bertz CT molecular complexity index is 1140. The van der Waals surface area contributed by atoms with Gasteiger partial charge in [0.2, 0.25) is 5.91 Å². The van der Waals surface area contributed by atoms with Crippen molar-refractivity contribution in [3.63, 3.8) is 0 Å². The summed E-state index contributed by atoms with van der Waals surface area (Å²) in [6.07, 6.45) is -0.474. The second kappa shape index (κ2) is 11.6. The number of aryl methyl sites for hydroxylation is 2. The maximum Gasteiger partial charge on any atom is 0.443 e. The molecule has 1 atom stereocenters. The maximum atomic E-state index is 13.0. The van der Waals surface area contributed by atoms with E-state index in [1.165, 1.54) is 30.7 Å². The number of carbonyl (C=O) groups excluding carboxylic acids is 3. The number of thiazole rings is 1. The quantitative estimate of drug-likeness (QED) is 0.404. The number of ether oxygens (including phenoxy) is 1. The summed E-state index contributed by atoms with van der Waals surface area (Å²) < 4.78 is 44.7. The number of esters is 1. The molecule has 9 nitrogen and oxygen atoms in total. The first kappa shape index (κ1) is 26.8. The number of hydrogen-bond acceptors (Lipinski definition) is 7. The average molecular weight is 500 g/mol. The summed E-state index contributed by atoms with van der Waals surface area (Å²) in [5.41, 5.74) is -0.609. The van der Waals surface area contributed by atoms with Crippen LogP contribution in [0.5, 0.6) is 0 Å². The summed E-state index contributed by atoms with van der Waals surface area (Å²) in [5, 5.41) is 3.68. The molecule has 0 aliphatic heterocycles. The highest BCUT2D eigenvalue weighted by Gasteiger charge is 2.36. The van der Waals surface area contributed by atoms with E-state index in [2.05, 4.69) is 20.4 Å². The van der Waals surface area contributed by atoms with Gasteiger partial charge >= 0.3 is 12.1 Å². The van der Waals surface area contributed by atoms with Crippen LogP contribution in [0.25, 0.3) is 0 Å². The van der Waals surface area contributed by atoms with Gasteiger partial charge in [-0.3, -0.25) is 14.4 Å². The normalized spacial score (nSPS) is 12.4. The fourth-order valence-electron chi connectivity index (χ4n) is 2.83. The van der Waals surface area contributed by atoms with Crippen LogP contribution in [0, 0.1) is 6.92 Å². The van der Waals surface area contributed by atoms with Gasteiger partial charge in [-0.2, -0.15) is 13.2 Å².